The fourth-order valence-corrected chi connectivity index (χ4v) is 3.70. The molecule has 0 aromatic heterocycles. The van der Waals surface area contributed by atoms with E-state index in [0.717, 1.165) is 12.3 Å². The number of esters is 1. The maximum atomic E-state index is 14.1. The molecule has 2 atom stereocenters. The number of rotatable bonds is 6. The van der Waals surface area contributed by atoms with Gasteiger partial charge >= 0.3 is 5.97 Å². The summed E-state index contributed by atoms with van der Waals surface area (Å²) in [5.41, 5.74) is -1.61. The molecule has 0 bridgehead atoms. The highest BCUT2D eigenvalue weighted by Crippen LogP contribution is 2.33. The van der Waals surface area contributed by atoms with Gasteiger partial charge in [-0.05, 0) is 18.6 Å². The van der Waals surface area contributed by atoms with E-state index in [1.165, 1.54) is 0 Å². The first-order chi connectivity index (χ1) is 11.6. The molecule has 0 aliphatic carbocycles. The van der Waals surface area contributed by atoms with Crippen LogP contribution < -0.4 is 4.72 Å². The second-order valence-electron chi connectivity index (χ2n) is 5.85. The van der Waals surface area contributed by atoms with Crippen molar-refractivity contribution in [3.8, 4) is 0 Å². The van der Waals surface area contributed by atoms with E-state index in [9.17, 15) is 22.0 Å². The second kappa shape index (κ2) is 7.53. The summed E-state index contributed by atoms with van der Waals surface area (Å²) in [6.07, 6.45) is 0.670. The second-order valence-corrected chi connectivity index (χ2v) is 8.04. The van der Waals surface area contributed by atoms with Crippen molar-refractivity contribution in [2.45, 2.75) is 31.4 Å². The van der Waals surface area contributed by atoms with Gasteiger partial charge in [0.05, 0.1) is 24.5 Å². The molecule has 10 heteroatoms. The third kappa shape index (κ3) is 4.87. The molecule has 0 amide bonds. The first-order valence-electron chi connectivity index (χ1n) is 7.48. The molecular formula is C15H18ClF2NO5S. The van der Waals surface area contributed by atoms with E-state index in [0.29, 0.717) is 6.07 Å². The van der Waals surface area contributed by atoms with Crippen molar-refractivity contribution >= 4 is 27.6 Å². The molecule has 1 aromatic rings. The lowest BCUT2D eigenvalue weighted by atomic mass is 9.90. The van der Waals surface area contributed by atoms with Crippen molar-refractivity contribution in [2.24, 2.45) is 0 Å². The van der Waals surface area contributed by atoms with Crippen LogP contribution in [0.1, 0.15) is 18.9 Å². The Morgan fingerprint density at radius 2 is 2.12 bits per heavy atom. The van der Waals surface area contributed by atoms with Crippen molar-refractivity contribution in [2.75, 3.05) is 19.5 Å². The number of carbonyl (C=O) groups excluding carboxylic acids is 1. The standard InChI is InChI=1S/C15H18ClF2NO5S/c1-3-23-14(20)15(7-10(8-24-15)19-25(2,21)22)6-9-4-11(16)13(18)5-12(9)17/h4-5,10,19H,3,6-8H2,1-2H3. The summed E-state index contributed by atoms with van der Waals surface area (Å²) in [6.45, 7) is 1.59. The van der Waals surface area contributed by atoms with Crippen molar-refractivity contribution in [1.82, 2.24) is 4.72 Å². The van der Waals surface area contributed by atoms with Crippen LogP contribution in [-0.4, -0.2) is 45.5 Å². The minimum Gasteiger partial charge on any atom is -0.464 e. The van der Waals surface area contributed by atoms with Gasteiger partial charge in [0.1, 0.15) is 11.6 Å². The largest absolute Gasteiger partial charge is 0.464 e. The van der Waals surface area contributed by atoms with E-state index in [2.05, 4.69) is 4.72 Å². The molecular weight excluding hydrogens is 380 g/mol. The van der Waals surface area contributed by atoms with Crippen LogP contribution in [0, 0.1) is 11.6 Å². The van der Waals surface area contributed by atoms with Crippen LogP contribution in [0.15, 0.2) is 12.1 Å². The summed E-state index contributed by atoms with van der Waals surface area (Å²) in [5, 5.41) is -0.292. The fraction of sp³-hybridized carbons (Fsp3) is 0.533. The Morgan fingerprint density at radius 1 is 1.44 bits per heavy atom. The van der Waals surface area contributed by atoms with Crippen LogP contribution in [0.5, 0.6) is 0 Å². The van der Waals surface area contributed by atoms with Gasteiger partial charge in [0.15, 0.2) is 5.60 Å². The van der Waals surface area contributed by atoms with Gasteiger partial charge in [-0.1, -0.05) is 11.6 Å². The molecule has 2 rings (SSSR count). The Morgan fingerprint density at radius 3 is 2.72 bits per heavy atom. The van der Waals surface area contributed by atoms with E-state index in [-0.39, 0.29) is 36.6 Å². The number of hydrogen-bond donors (Lipinski definition) is 1. The lowest BCUT2D eigenvalue weighted by Gasteiger charge is -2.26. The predicted octanol–water partition coefficient (Wildman–Crippen LogP) is 1.80. The Kier molecular flexibility index (Phi) is 6.03. The molecule has 6 nitrogen and oxygen atoms in total. The number of ether oxygens (including phenoxy) is 2. The lowest BCUT2D eigenvalue weighted by Crippen LogP contribution is -2.44. The van der Waals surface area contributed by atoms with Gasteiger partial charge < -0.3 is 9.47 Å². The Labute approximate surface area is 149 Å². The topological polar surface area (TPSA) is 81.7 Å². The average Bonchev–Trinajstić information content (AvgIpc) is 2.87. The number of nitrogens with one attached hydrogen (secondary N) is 1. The highest BCUT2D eigenvalue weighted by molar-refractivity contribution is 7.88. The Bertz CT molecular complexity index is 773. The number of carbonyl (C=O) groups is 1. The molecule has 1 fully saturated rings. The van der Waals surface area contributed by atoms with Crippen molar-refractivity contribution in [3.63, 3.8) is 0 Å². The quantitative estimate of drug-likeness (QED) is 0.584. The van der Waals surface area contributed by atoms with Crippen LogP contribution in [0.3, 0.4) is 0 Å². The third-order valence-electron chi connectivity index (χ3n) is 3.73. The van der Waals surface area contributed by atoms with E-state index in [4.69, 9.17) is 21.1 Å². The molecule has 1 saturated heterocycles. The van der Waals surface area contributed by atoms with Crippen molar-refractivity contribution in [3.05, 3.63) is 34.4 Å². The van der Waals surface area contributed by atoms with Gasteiger partial charge in [-0.3, -0.25) is 0 Å². The minimum atomic E-state index is -3.52. The van der Waals surface area contributed by atoms with E-state index >= 15 is 0 Å². The van der Waals surface area contributed by atoms with Gasteiger partial charge in [0.2, 0.25) is 10.0 Å². The molecule has 2 unspecified atom stereocenters. The molecule has 0 radical (unpaired) electrons. The van der Waals surface area contributed by atoms with E-state index < -0.39 is 39.3 Å². The first kappa shape index (κ1) is 20.0. The minimum absolute atomic E-state index is 0.0283. The highest BCUT2D eigenvalue weighted by atomic mass is 35.5. The summed E-state index contributed by atoms with van der Waals surface area (Å²) >= 11 is 5.68. The maximum Gasteiger partial charge on any atom is 0.338 e. The molecule has 140 valence electrons. The monoisotopic (exact) mass is 397 g/mol. The van der Waals surface area contributed by atoms with Gasteiger partial charge in [-0.15, -0.1) is 0 Å². The summed E-state index contributed by atoms with van der Waals surface area (Å²) < 4.78 is 63.0. The van der Waals surface area contributed by atoms with Crippen LogP contribution >= 0.6 is 11.6 Å². The van der Waals surface area contributed by atoms with Gasteiger partial charge in [0.25, 0.3) is 0 Å². The summed E-state index contributed by atoms with van der Waals surface area (Å²) in [4.78, 5) is 12.4. The molecule has 25 heavy (non-hydrogen) atoms. The zero-order valence-corrected chi connectivity index (χ0v) is 15.2. The van der Waals surface area contributed by atoms with E-state index in [1.807, 2.05) is 0 Å². The Hall–Kier alpha value is -1.29. The third-order valence-corrected chi connectivity index (χ3v) is 4.78. The molecule has 1 aliphatic heterocycles. The maximum absolute atomic E-state index is 14.1. The number of halogens is 3. The zero-order valence-electron chi connectivity index (χ0n) is 13.6. The van der Waals surface area contributed by atoms with Gasteiger partial charge in [-0.25, -0.2) is 26.7 Å². The van der Waals surface area contributed by atoms with Gasteiger partial charge in [0, 0.05) is 24.9 Å². The number of hydrogen-bond acceptors (Lipinski definition) is 5. The fourth-order valence-electron chi connectivity index (χ4n) is 2.76. The molecule has 0 saturated carbocycles. The molecule has 1 aromatic carbocycles. The number of benzene rings is 1. The summed E-state index contributed by atoms with van der Waals surface area (Å²) in [6, 6.07) is 1.03. The summed E-state index contributed by atoms with van der Waals surface area (Å²) in [5.74, 6) is -2.54. The highest BCUT2D eigenvalue weighted by Gasteiger charge is 2.49. The lowest BCUT2D eigenvalue weighted by molar-refractivity contribution is -0.166. The van der Waals surface area contributed by atoms with Crippen molar-refractivity contribution < 1.29 is 31.5 Å². The van der Waals surface area contributed by atoms with Crippen molar-refractivity contribution in [1.29, 1.82) is 0 Å². The zero-order chi connectivity index (χ0) is 18.8. The van der Waals surface area contributed by atoms with Crippen LogP contribution in [0.25, 0.3) is 0 Å². The first-order valence-corrected chi connectivity index (χ1v) is 9.75. The van der Waals surface area contributed by atoms with Gasteiger partial charge in [-0.2, -0.15) is 0 Å². The van der Waals surface area contributed by atoms with Crippen LogP contribution in [-0.2, 0) is 30.7 Å². The van der Waals surface area contributed by atoms with Crippen LogP contribution in [0.2, 0.25) is 5.02 Å². The predicted molar refractivity (Wildman–Crippen MR) is 86.8 cm³/mol. The molecule has 1 N–H and O–H groups in total. The summed E-state index contributed by atoms with van der Waals surface area (Å²) in [7, 11) is -3.52. The normalized spacial score (nSPS) is 23.6. The SMILES string of the molecule is CCOC(=O)C1(Cc2cc(Cl)c(F)cc2F)CC(NS(C)(=O)=O)CO1. The average molecular weight is 398 g/mol. The molecule has 0 spiro atoms. The number of sulfonamides is 1. The smallest absolute Gasteiger partial charge is 0.338 e. The Balaban J connectivity index is 2.32. The molecule has 1 aliphatic rings. The van der Waals surface area contributed by atoms with E-state index in [1.54, 1.807) is 6.92 Å². The molecule has 1 heterocycles. The van der Waals surface area contributed by atoms with Crippen LogP contribution in [0.4, 0.5) is 8.78 Å².